The smallest absolute Gasteiger partial charge is 0.303 e. The fraction of sp³-hybridized carbons (Fsp3) is 0.923. The van der Waals surface area contributed by atoms with E-state index < -0.39 is 11.9 Å². The highest BCUT2D eigenvalue weighted by Crippen LogP contribution is 2.15. The Morgan fingerprint density at radius 3 is 0.906 bits per heavy atom. The molecule has 0 rings (SSSR count). The zero-order valence-electron chi connectivity index (χ0n) is 20.5. The lowest BCUT2D eigenvalue weighted by Crippen LogP contribution is -1.93. The number of hydrogen-bond donors (Lipinski definition) is 2. The molecule has 0 saturated heterocycles. The van der Waals surface area contributed by atoms with Crippen molar-refractivity contribution in [2.75, 3.05) is 23.0 Å². The third-order valence-corrected chi connectivity index (χ3v) is 8.13. The molecule has 0 unspecified atom stereocenters. The molecule has 0 bridgehead atoms. The van der Waals surface area contributed by atoms with Gasteiger partial charge in [0, 0.05) is 24.3 Å². The summed E-state index contributed by atoms with van der Waals surface area (Å²) in [7, 11) is 0. The van der Waals surface area contributed by atoms with E-state index in [9.17, 15) is 9.59 Å². The molecule has 0 heterocycles. The first kappa shape index (κ1) is 31.6. The van der Waals surface area contributed by atoms with Crippen LogP contribution in [-0.2, 0) is 9.59 Å². The molecule has 0 aromatic heterocycles. The van der Waals surface area contributed by atoms with E-state index in [0.29, 0.717) is 12.8 Å². The predicted octanol–water partition coefficient (Wildman–Crippen LogP) is 8.42. The maximum atomic E-state index is 10.4. The van der Waals surface area contributed by atoms with Crippen LogP contribution in [0.25, 0.3) is 0 Å². The lowest BCUT2D eigenvalue weighted by atomic mass is 10.1. The largest absolute Gasteiger partial charge is 0.481 e. The summed E-state index contributed by atoms with van der Waals surface area (Å²) in [5.41, 5.74) is 0. The molecular formula is C26H50O4S2. The van der Waals surface area contributed by atoms with Crippen LogP contribution in [0.4, 0.5) is 0 Å². The van der Waals surface area contributed by atoms with Gasteiger partial charge in [-0.05, 0) is 37.2 Å². The summed E-state index contributed by atoms with van der Waals surface area (Å²) in [4.78, 5) is 20.9. The van der Waals surface area contributed by atoms with Gasteiger partial charge in [-0.25, -0.2) is 0 Å². The summed E-state index contributed by atoms with van der Waals surface area (Å²) in [6.45, 7) is 0. The monoisotopic (exact) mass is 490 g/mol. The molecule has 0 aliphatic rings. The minimum absolute atomic E-state index is 0.330. The van der Waals surface area contributed by atoms with Crippen molar-refractivity contribution in [3.05, 3.63) is 0 Å². The molecule has 0 atom stereocenters. The zero-order valence-corrected chi connectivity index (χ0v) is 22.1. The molecule has 0 aliphatic heterocycles. The average Bonchev–Trinajstić information content (AvgIpc) is 2.75. The first-order valence-corrected chi connectivity index (χ1v) is 15.5. The van der Waals surface area contributed by atoms with Gasteiger partial charge in [0.25, 0.3) is 0 Å². The second kappa shape index (κ2) is 26.9. The summed E-state index contributed by atoms with van der Waals surface area (Å²) in [5, 5.41) is 17.2. The van der Waals surface area contributed by atoms with Crippen molar-refractivity contribution in [1.82, 2.24) is 0 Å². The van der Waals surface area contributed by atoms with Gasteiger partial charge in [0.2, 0.25) is 0 Å². The second-order valence-corrected chi connectivity index (χ2v) is 11.3. The molecule has 0 radical (unpaired) electrons. The number of hydrogen-bond acceptors (Lipinski definition) is 4. The van der Waals surface area contributed by atoms with E-state index in [4.69, 9.17) is 10.2 Å². The molecule has 0 spiro atoms. The Labute approximate surface area is 206 Å². The third-order valence-electron chi connectivity index (χ3n) is 5.73. The Hall–Kier alpha value is -0.360. The Kier molecular flexibility index (Phi) is 26.6. The van der Waals surface area contributed by atoms with Crippen LogP contribution >= 0.6 is 23.5 Å². The molecule has 0 fully saturated rings. The number of unbranched alkanes of at least 4 members (excludes halogenated alkanes) is 16. The Bertz CT molecular complexity index is 381. The number of rotatable bonds is 27. The molecule has 0 aromatic carbocycles. The van der Waals surface area contributed by atoms with Gasteiger partial charge in [0.05, 0.1) is 0 Å². The Balaban J connectivity index is 3.02. The summed E-state index contributed by atoms with van der Waals surface area (Å²) >= 11 is 4.23. The van der Waals surface area contributed by atoms with Gasteiger partial charge < -0.3 is 10.2 Å². The summed E-state index contributed by atoms with van der Waals surface area (Å²) in [5.74, 6) is 3.89. The SMILES string of the molecule is O=C(O)CCCCCCCCCCCSCCSCCCCCCCCCCCC(=O)O. The highest BCUT2D eigenvalue weighted by molar-refractivity contribution is 8.02. The molecule has 0 amide bonds. The van der Waals surface area contributed by atoms with Crippen molar-refractivity contribution in [2.24, 2.45) is 0 Å². The first-order chi connectivity index (χ1) is 15.6. The molecule has 4 nitrogen and oxygen atoms in total. The number of carboxylic acids is 2. The Morgan fingerprint density at radius 1 is 0.375 bits per heavy atom. The van der Waals surface area contributed by atoms with Crippen LogP contribution in [0.15, 0.2) is 0 Å². The minimum atomic E-state index is -0.663. The molecule has 190 valence electrons. The number of aliphatic carboxylic acids is 2. The molecule has 0 aliphatic carbocycles. The van der Waals surface area contributed by atoms with Gasteiger partial charge in [-0.3, -0.25) is 9.59 Å². The average molecular weight is 491 g/mol. The van der Waals surface area contributed by atoms with Crippen molar-refractivity contribution < 1.29 is 19.8 Å². The van der Waals surface area contributed by atoms with Crippen LogP contribution in [0, 0.1) is 0 Å². The van der Waals surface area contributed by atoms with Gasteiger partial charge in [0.15, 0.2) is 0 Å². The quantitative estimate of drug-likeness (QED) is 0.113. The van der Waals surface area contributed by atoms with Gasteiger partial charge in [0.1, 0.15) is 0 Å². The van der Waals surface area contributed by atoms with Crippen molar-refractivity contribution in [1.29, 1.82) is 0 Å². The van der Waals surface area contributed by atoms with E-state index >= 15 is 0 Å². The standard InChI is InChI=1S/C26H50O4S2/c27-25(28)19-15-11-7-3-1-5-9-13-17-21-31-23-24-32-22-18-14-10-6-2-4-8-12-16-20-26(29)30/h1-24H2,(H,27,28)(H,29,30). The predicted molar refractivity (Wildman–Crippen MR) is 142 cm³/mol. The van der Waals surface area contributed by atoms with Crippen LogP contribution in [0.3, 0.4) is 0 Å². The van der Waals surface area contributed by atoms with E-state index in [1.807, 2.05) is 0 Å². The molecular weight excluding hydrogens is 440 g/mol. The fourth-order valence-electron chi connectivity index (χ4n) is 3.76. The lowest BCUT2D eigenvalue weighted by Gasteiger charge is -2.04. The van der Waals surface area contributed by atoms with Crippen molar-refractivity contribution in [3.63, 3.8) is 0 Å². The molecule has 0 saturated carbocycles. The normalized spacial score (nSPS) is 11.1. The van der Waals surface area contributed by atoms with Crippen molar-refractivity contribution in [3.8, 4) is 0 Å². The maximum absolute atomic E-state index is 10.4. The molecule has 32 heavy (non-hydrogen) atoms. The van der Waals surface area contributed by atoms with Gasteiger partial charge in [-0.15, -0.1) is 0 Å². The van der Waals surface area contributed by atoms with Crippen molar-refractivity contribution in [2.45, 2.75) is 128 Å². The lowest BCUT2D eigenvalue weighted by molar-refractivity contribution is -0.138. The molecule has 6 heteroatoms. The highest BCUT2D eigenvalue weighted by Gasteiger charge is 1.98. The van der Waals surface area contributed by atoms with Crippen LogP contribution in [0.1, 0.15) is 128 Å². The van der Waals surface area contributed by atoms with E-state index in [2.05, 4.69) is 23.5 Å². The molecule has 0 aromatic rings. The minimum Gasteiger partial charge on any atom is -0.481 e. The maximum Gasteiger partial charge on any atom is 0.303 e. The highest BCUT2D eigenvalue weighted by atomic mass is 32.2. The number of thioether (sulfide) groups is 2. The van der Waals surface area contributed by atoms with Crippen LogP contribution < -0.4 is 0 Å². The van der Waals surface area contributed by atoms with Crippen LogP contribution in [0.2, 0.25) is 0 Å². The fourth-order valence-corrected chi connectivity index (χ4v) is 5.93. The van der Waals surface area contributed by atoms with Crippen molar-refractivity contribution >= 4 is 35.5 Å². The molecule has 2 N–H and O–H groups in total. The zero-order chi connectivity index (χ0) is 23.5. The van der Waals surface area contributed by atoms with E-state index in [1.165, 1.54) is 113 Å². The summed E-state index contributed by atoms with van der Waals surface area (Å²) in [6, 6.07) is 0. The topological polar surface area (TPSA) is 74.6 Å². The van der Waals surface area contributed by atoms with Gasteiger partial charge >= 0.3 is 11.9 Å². The number of carbonyl (C=O) groups is 2. The second-order valence-electron chi connectivity index (χ2n) is 8.88. The first-order valence-electron chi connectivity index (χ1n) is 13.2. The third kappa shape index (κ3) is 29.6. The van der Waals surface area contributed by atoms with Gasteiger partial charge in [-0.1, -0.05) is 89.9 Å². The Morgan fingerprint density at radius 2 is 0.625 bits per heavy atom. The summed E-state index contributed by atoms with van der Waals surface area (Å²) < 4.78 is 0. The van der Waals surface area contributed by atoms with E-state index in [-0.39, 0.29) is 0 Å². The number of carboxylic acid groups (broad SMARTS) is 2. The van der Waals surface area contributed by atoms with E-state index in [1.54, 1.807) is 0 Å². The van der Waals surface area contributed by atoms with E-state index in [0.717, 1.165) is 25.7 Å². The van der Waals surface area contributed by atoms with Crippen LogP contribution in [0.5, 0.6) is 0 Å². The summed E-state index contributed by atoms with van der Waals surface area (Å²) in [6.07, 6.45) is 22.8. The van der Waals surface area contributed by atoms with Gasteiger partial charge in [-0.2, -0.15) is 23.5 Å². The van der Waals surface area contributed by atoms with Crippen LogP contribution in [-0.4, -0.2) is 45.2 Å².